The van der Waals surface area contributed by atoms with Crippen LogP contribution in [0.25, 0.3) is 0 Å². The van der Waals surface area contributed by atoms with Crippen LogP contribution in [0.1, 0.15) is 25.5 Å². The molecule has 1 aromatic heterocycles. The van der Waals surface area contributed by atoms with Crippen LogP contribution in [-0.2, 0) is 0 Å². The second-order valence-corrected chi connectivity index (χ2v) is 3.89. The van der Waals surface area contributed by atoms with Gasteiger partial charge in [0.1, 0.15) is 11.6 Å². The minimum absolute atomic E-state index is 0.219. The van der Waals surface area contributed by atoms with Gasteiger partial charge in [-0.15, -0.1) is 0 Å². The number of anilines is 1. The summed E-state index contributed by atoms with van der Waals surface area (Å²) in [5.41, 5.74) is 0.884. The third-order valence-corrected chi connectivity index (χ3v) is 2.39. The summed E-state index contributed by atoms with van der Waals surface area (Å²) in [6.07, 6.45) is 0. The molecule has 0 aromatic carbocycles. The monoisotopic (exact) mass is 226 g/mol. The third-order valence-electron chi connectivity index (χ3n) is 2.03. The van der Waals surface area contributed by atoms with E-state index in [9.17, 15) is 0 Å². The summed E-state index contributed by atoms with van der Waals surface area (Å²) in [6, 6.07) is 0.219. The zero-order valence-electron chi connectivity index (χ0n) is 9.21. The van der Waals surface area contributed by atoms with Gasteiger partial charge >= 0.3 is 0 Å². The van der Waals surface area contributed by atoms with Crippen molar-refractivity contribution in [1.82, 2.24) is 9.78 Å². The van der Waals surface area contributed by atoms with Crippen LogP contribution < -0.4 is 5.32 Å². The maximum Gasteiger partial charge on any atom is 0.156 e. The summed E-state index contributed by atoms with van der Waals surface area (Å²) in [7, 11) is 0. The van der Waals surface area contributed by atoms with Crippen LogP contribution in [0.4, 0.5) is 5.82 Å². The van der Waals surface area contributed by atoms with Crippen molar-refractivity contribution in [1.29, 1.82) is 0 Å². The number of aromatic nitrogens is 2. The SMILES string of the molecule is C=NC(=C)Nc1c(C)c(Cl)nn1C(C)C. The fourth-order valence-corrected chi connectivity index (χ4v) is 1.36. The van der Waals surface area contributed by atoms with E-state index in [1.807, 2.05) is 20.8 Å². The van der Waals surface area contributed by atoms with Crippen molar-refractivity contribution >= 4 is 24.1 Å². The number of rotatable bonds is 4. The first-order valence-electron chi connectivity index (χ1n) is 4.64. The van der Waals surface area contributed by atoms with Crippen LogP contribution >= 0.6 is 11.6 Å². The van der Waals surface area contributed by atoms with E-state index in [2.05, 4.69) is 28.7 Å². The van der Waals surface area contributed by atoms with Gasteiger partial charge in [0.2, 0.25) is 0 Å². The Balaban J connectivity index is 3.13. The highest BCUT2D eigenvalue weighted by molar-refractivity contribution is 6.30. The predicted octanol–water partition coefficient (Wildman–Crippen LogP) is 3.01. The molecular formula is C10H15ClN4. The first-order chi connectivity index (χ1) is 6.97. The maximum atomic E-state index is 5.96. The Kier molecular flexibility index (Phi) is 3.52. The Labute approximate surface area is 94.7 Å². The lowest BCUT2D eigenvalue weighted by atomic mass is 10.3. The van der Waals surface area contributed by atoms with Crippen molar-refractivity contribution in [3.05, 3.63) is 23.1 Å². The Morgan fingerprint density at radius 1 is 1.60 bits per heavy atom. The molecule has 0 aliphatic rings. The highest BCUT2D eigenvalue weighted by atomic mass is 35.5. The molecule has 0 unspecified atom stereocenters. The molecule has 1 N–H and O–H groups in total. The minimum atomic E-state index is 0.219. The molecule has 0 aliphatic heterocycles. The summed E-state index contributed by atoms with van der Waals surface area (Å²) < 4.78 is 1.80. The molecule has 0 bridgehead atoms. The lowest BCUT2D eigenvalue weighted by Gasteiger charge is -2.12. The van der Waals surface area contributed by atoms with E-state index in [-0.39, 0.29) is 6.04 Å². The number of aliphatic imine (C=N–C) groups is 1. The topological polar surface area (TPSA) is 42.2 Å². The highest BCUT2D eigenvalue weighted by Crippen LogP contribution is 2.26. The smallest absolute Gasteiger partial charge is 0.156 e. The van der Waals surface area contributed by atoms with Crippen molar-refractivity contribution in [2.75, 3.05) is 5.32 Å². The summed E-state index contributed by atoms with van der Waals surface area (Å²) >= 11 is 5.96. The largest absolute Gasteiger partial charge is 0.325 e. The molecule has 0 amide bonds. The van der Waals surface area contributed by atoms with Crippen molar-refractivity contribution in [3.63, 3.8) is 0 Å². The zero-order valence-corrected chi connectivity index (χ0v) is 9.97. The number of nitrogens with zero attached hydrogens (tertiary/aromatic N) is 3. The maximum absolute atomic E-state index is 5.96. The number of halogens is 1. The van der Waals surface area contributed by atoms with Crippen LogP contribution in [0.15, 0.2) is 17.4 Å². The van der Waals surface area contributed by atoms with Gasteiger partial charge < -0.3 is 5.32 Å². The van der Waals surface area contributed by atoms with Crippen molar-refractivity contribution in [3.8, 4) is 0 Å². The molecule has 5 heteroatoms. The Hall–Kier alpha value is -1.29. The first-order valence-corrected chi connectivity index (χ1v) is 5.02. The fourth-order valence-electron chi connectivity index (χ4n) is 1.19. The van der Waals surface area contributed by atoms with Gasteiger partial charge in [0.25, 0.3) is 0 Å². The van der Waals surface area contributed by atoms with Crippen LogP contribution in [0, 0.1) is 6.92 Å². The molecular weight excluding hydrogens is 212 g/mol. The number of nitrogens with one attached hydrogen (secondary N) is 1. The summed E-state index contributed by atoms with van der Waals surface area (Å²) in [4.78, 5) is 3.69. The second-order valence-electron chi connectivity index (χ2n) is 3.53. The minimum Gasteiger partial charge on any atom is -0.325 e. The highest BCUT2D eigenvalue weighted by Gasteiger charge is 2.14. The van der Waals surface area contributed by atoms with Gasteiger partial charge in [0.15, 0.2) is 5.15 Å². The standard InChI is InChI=1S/C10H15ClN4/c1-6(2)15-10(13-8(4)12-5)7(3)9(11)14-15/h6,13H,4-5H2,1-3H3. The second kappa shape index (κ2) is 4.49. The zero-order chi connectivity index (χ0) is 11.6. The fraction of sp³-hybridized carbons (Fsp3) is 0.400. The summed E-state index contributed by atoms with van der Waals surface area (Å²) in [5.74, 6) is 1.30. The average Bonchev–Trinajstić information content (AvgIpc) is 2.46. The molecule has 0 radical (unpaired) electrons. The van der Waals surface area contributed by atoms with Gasteiger partial charge in [-0.3, -0.25) is 0 Å². The quantitative estimate of drug-likeness (QED) is 0.802. The van der Waals surface area contributed by atoms with Crippen molar-refractivity contribution in [2.45, 2.75) is 26.8 Å². The van der Waals surface area contributed by atoms with Crippen molar-refractivity contribution < 1.29 is 0 Å². The molecule has 0 spiro atoms. The molecule has 4 nitrogen and oxygen atoms in total. The van der Waals surface area contributed by atoms with Gasteiger partial charge in [-0.25, -0.2) is 9.67 Å². The Morgan fingerprint density at radius 2 is 2.20 bits per heavy atom. The molecule has 0 aliphatic carbocycles. The molecule has 15 heavy (non-hydrogen) atoms. The van der Waals surface area contributed by atoms with E-state index in [0.717, 1.165) is 11.4 Å². The molecule has 0 saturated carbocycles. The van der Waals surface area contributed by atoms with E-state index >= 15 is 0 Å². The molecule has 0 saturated heterocycles. The Bertz CT molecular complexity index is 392. The predicted molar refractivity (Wildman–Crippen MR) is 64.7 cm³/mol. The molecule has 1 heterocycles. The molecule has 1 rings (SSSR count). The number of hydrogen-bond acceptors (Lipinski definition) is 3. The van der Waals surface area contributed by atoms with Gasteiger partial charge in [-0.2, -0.15) is 5.10 Å². The summed E-state index contributed by atoms with van der Waals surface area (Å²) in [5, 5.41) is 7.73. The van der Waals surface area contributed by atoms with Gasteiger partial charge in [-0.05, 0) is 27.5 Å². The lowest BCUT2D eigenvalue weighted by molar-refractivity contribution is 0.539. The van der Waals surface area contributed by atoms with Gasteiger partial charge in [-0.1, -0.05) is 18.2 Å². The van der Waals surface area contributed by atoms with Crippen LogP contribution in [-0.4, -0.2) is 16.5 Å². The molecule has 0 fully saturated rings. The molecule has 0 atom stereocenters. The van der Waals surface area contributed by atoms with E-state index in [1.165, 1.54) is 0 Å². The number of hydrogen-bond donors (Lipinski definition) is 1. The van der Waals surface area contributed by atoms with Crippen LogP contribution in [0.5, 0.6) is 0 Å². The van der Waals surface area contributed by atoms with E-state index in [4.69, 9.17) is 11.6 Å². The van der Waals surface area contributed by atoms with Crippen molar-refractivity contribution in [2.24, 2.45) is 4.99 Å². The molecule has 1 aromatic rings. The van der Waals surface area contributed by atoms with Gasteiger partial charge in [0.05, 0.1) is 0 Å². The van der Waals surface area contributed by atoms with Crippen LogP contribution in [0.3, 0.4) is 0 Å². The molecule has 82 valence electrons. The van der Waals surface area contributed by atoms with Gasteiger partial charge in [0, 0.05) is 11.6 Å². The van der Waals surface area contributed by atoms with E-state index < -0.39 is 0 Å². The lowest BCUT2D eigenvalue weighted by Crippen LogP contribution is -2.09. The average molecular weight is 227 g/mol. The summed E-state index contributed by atoms with van der Waals surface area (Å²) in [6.45, 7) is 13.0. The first kappa shape index (κ1) is 11.8. The van der Waals surface area contributed by atoms with E-state index in [0.29, 0.717) is 11.0 Å². The van der Waals surface area contributed by atoms with Crippen LogP contribution in [0.2, 0.25) is 5.15 Å². The Morgan fingerprint density at radius 3 is 2.67 bits per heavy atom. The third kappa shape index (κ3) is 2.39. The van der Waals surface area contributed by atoms with E-state index in [1.54, 1.807) is 4.68 Å². The normalized spacial score (nSPS) is 10.5.